The number of rotatable bonds is 4. The zero-order valence-corrected chi connectivity index (χ0v) is 8.78. The predicted octanol–water partition coefficient (Wildman–Crippen LogP) is -0.225. The van der Waals surface area contributed by atoms with Gasteiger partial charge in [0.2, 0.25) is 0 Å². The number of carbonyl (C=O) groups excluding carboxylic acids is 1. The molecule has 0 spiro atoms. The van der Waals surface area contributed by atoms with E-state index in [1.54, 1.807) is 0 Å². The fraction of sp³-hybridized carbons (Fsp3) is 0.889. The van der Waals surface area contributed by atoms with Gasteiger partial charge in [-0.05, 0) is 6.92 Å². The molecule has 1 rings (SSSR count). The molecule has 1 aliphatic heterocycles. The first-order valence-corrected chi connectivity index (χ1v) is 4.88. The maximum Gasteiger partial charge on any atom is 0.307 e. The Morgan fingerprint density at radius 2 is 2.21 bits per heavy atom. The number of esters is 1. The summed E-state index contributed by atoms with van der Waals surface area (Å²) >= 11 is 0. The van der Waals surface area contributed by atoms with E-state index in [4.69, 9.17) is 4.74 Å². The van der Waals surface area contributed by atoms with Crippen molar-refractivity contribution < 1.29 is 14.3 Å². The van der Waals surface area contributed by atoms with Crippen LogP contribution in [-0.4, -0.2) is 50.4 Å². The number of hydrazine groups is 1. The summed E-state index contributed by atoms with van der Waals surface area (Å²) in [6.45, 7) is 5.19. The molecule has 1 saturated heterocycles. The fourth-order valence-electron chi connectivity index (χ4n) is 1.38. The van der Waals surface area contributed by atoms with Crippen LogP contribution in [0.4, 0.5) is 0 Å². The van der Waals surface area contributed by atoms with Gasteiger partial charge in [0.1, 0.15) is 0 Å². The minimum atomic E-state index is -0.182. The molecule has 0 aromatic carbocycles. The minimum Gasteiger partial charge on any atom is -0.469 e. The highest BCUT2D eigenvalue weighted by molar-refractivity contribution is 5.69. The van der Waals surface area contributed by atoms with Gasteiger partial charge in [-0.2, -0.15) is 0 Å². The van der Waals surface area contributed by atoms with Crippen LogP contribution < -0.4 is 5.43 Å². The van der Waals surface area contributed by atoms with Gasteiger partial charge in [0, 0.05) is 19.1 Å². The molecule has 0 radical (unpaired) electrons. The first-order valence-electron chi connectivity index (χ1n) is 4.88. The number of methoxy groups -OCH3 is 1. The number of nitrogens with one attached hydrogen (secondary N) is 1. The summed E-state index contributed by atoms with van der Waals surface area (Å²) in [5.41, 5.74) is 3.24. The molecule has 5 heteroatoms. The van der Waals surface area contributed by atoms with Crippen molar-refractivity contribution in [1.29, 1.82) is 0 Å². The van der Waals surface area contributed by atoms with Crippen LogP contribution in [0.15, 0.2) is 0 Å². The summed E-state index contributed by atoms with van der Waals surface area (Å²) in [6.07, 6.45) is 0.397. The Hall–Kier alpha value is -0.650. The van der Waals surface area contributed by atoms with E-state index in [2.05, 4.69) is 15.2 Å². The van der Waals surface area contributed by atoms with Crippen LogP contribution in [-0.2, 0) is 14.3 Å². The van der Waals surface area contributed by atoms with Crippen LogP contribution in [0.1, 0.15) is 13.3 Å². The van der Waals surface area contributed by atoms with Crippen molar-refractivity contribution in [1.82, 2.24) is 10.4 Å². The van der Waals surface area contributed by atoms with Crippen LogP contribution in [0.3, 0.4) is 0 Å². The fourth-order valence-corrected chi connectivity index (χ4v) is 1.38. The Bertz CT molecular complexity index is 181. The van der Waals surface area contributed by atoms with E-state index < -0.39 is 0 Å². The molecule has 14 heavy (non-hydrogen) atoms. The zero-order valence-electron chi connectivity index (χ0n) is 8.78. The van der Waals surface area contributed by atoms with Crippen molar-refractivity contribution in [2.75, 3.05) is 33.4 Å². The number of hydrogen-bond donors (Lipinski definition) is 1. The molecular weight excluding hydrogens is 184 g/mol. The summed E-state index contributed by atoms with van der Waals surface area (Å²) in [4.78, 5) is 11.0. The molecule has 1 aliphatic rings. The van der Waals surface area contributed by atoms with Crippen molar-refractivity contribution in [2.24, 2.45) is 0 Å². The van der Waals surface area contributed by atoms with Gasteiger partial charge < -0.3 is 9.47 Å². The van der Waals surface area contributed by atoms with E-state index in [1.807, 2.05) is 6.92 Å². The first kappa shape index (κ1) is 11.4. The van der Waals surface area contributed by atoms with Crippen molar-refractivity contribution in [3.05, 3.63) is 0 Å². The van der Waals surface area contributed by atoms with E-state index in [9.17, 15) is 4.79 Å². The molecule has 1 fully saturated rings. The second-order valence-corrected chi connectivity index (χ2v) is 3.41. The van der Waals surface area contributed by atoms with E-state index >= 15 is 0 Å². The minimum absolute atomic E-state index is 0.112. The number of nitrogens with zero attached hydrogens (tertiary/aromatic N) is 1. The number of ether oxygens (including phenoxy) is 2. The third kappa shape index (κ3) is 4.04. The summed E-state index contributed by atoms with van der Waals surface area (Å²) in [7, 11) is 1.41. The smallest absolute Gasteiger partial charge is 0.307 e. The Labute approximate surface area is 84.3 Å². The molecule has 1 N–H and O–H groups in total. The van der Waals surface area contributed by atoms with Crippen molar-refractivity contribution in [3.63, 3.8) is 0 Å². The lowest BCUT2D eigenvalue weighted by Crippen LogP contribution is -2.49. The standard InChI is InChI=1S/C9H18N2O3/c1-8(7-9(12)13-2)10-11-3-5-14-6-4-11/h8,10H,3-7H2,1-2H3. The second kappa shape index (κ2) is 5.95. The third-order valence-electron chi connectivity index (χ3n) is 2.11. The molecular formula is C9H18N2O3. The van der Waals surface area contributed by atoms with Gasteiger partial charge >= 0.3 is 5.97 Å². The average Bonchev–Trinajstić information content (AvgIpc) is 2.19. The molecule has 1 atom stereocenters. The van der Waals surface area contributed by atoms with Crippen molar-refractivity contribution in [3.8, 4) is 0 Å². The van der Waals surface area contributed by atoms with E-state index in [0.717, 1.165) is 26.3 Å². The van der Waals surface area contributed by atoms with Gasteiger partial charge in [0.15, 0.2) is 0 Å². The quantitative estimate of drug-likeness (QED) is 0.638. The second-order valence-electron chi connectivity index (χ2n) is 3.41. The highest BCUT2D eigenvalue weighted by Gasteiger charge is 2.14. The Morgan fingerprint density at radius 1 is 1.57 bits per heavy atom. The monoisotopic (exact) mass is 202 g/mol. The normalized spacial score (nSPS) is 20.4. The molecule has 1 heterocycles. The lowest BCUT2D eigenvalue weighted by Gasteiger charge is -2.29. The molecule has 0 bridgehead atoms. The summed E-state index contributed by atoms with van der Waals surface area (Å²) in [5, 5.41) is 2.08. The van der Waals surface area contributed by atoms with Gasteiger partial charge in [-0.25, -0.2) is 5.01 Å². The molecule has 0 amide bonds. The average molecular weight is 202 g/mol. The van der Waals surface area contributed by atoms with Crippen LogP contribution in [0, 0.1) is 0 Å². The van der Waals surface area contributed by atoms with Gasteiger partial charge in [0.05, 0.1) is 26.7 Å². The topological polar surface area (TPSA) is 50.8 Å². The highest BCUT2D eigenvalue weighted by atomic mass is 16.5. The maximum absolute atomic E-state index is 11.0. The molecule has 0 aliphatic carbocycles. The highest BCUT2D eigenvalue weighted by Crippen LogP contribution is 1.98. The Morgan fingerprint density at radius 3 is 2.79 bits per heavy atom. The van der Waals surface area contributed by atoms with E-state index in [1.165, 1.54) is 7.11 Å². The lowest BCUT2D eigenvalue weighted by atomic mass is 10.2. The van der Waals surface area contributed by atoms with Crippen LogP contribution in [0.2, 0.25) is 0 Å². The SMILES string of the molecule is COC(=O)CC(C)NN1CCOCC1. The van der Waals surface area contributed by atoms with Gasteiger partial charge in [0.25, 0.3) is 0 Å². The van der Waals surface area contributed by atoms with E-state index in [0.29, 0.717) is 6.42 Å². The van der Waals surface area contributed by atoms with Crippen LogP contribution in [0.5, 0.6) is 0 Å². The van der Waals surface area contributed by atoms with Crippen LogP contribution >= 0.6 is 0 Å². The van der Waals surface area contributed by atoms with Crippen molar-refractivity contribution >= 4 is 5.97 Å². The summed E-state index contributed by atoms with van der Waals surface area (Å²) in [5.74, 6) is -0.182. The van der Waals surface area contributed by atoms with E-state index in [-0.39, 0.29) is 12.0 Å². The first-order chi connectivity index (χ1) is 6.72. The molecule has 0 aromatic rings. The maximum atomic E-state index is 11.0. The number of carbonyl (C=O) groups is 1. The molecule has 1 unspecified atom stereocenters. The Kier molecular flexibility index (Phi) is 4.86. The molecule has 5 nitrogen and oxygen atoms in total. The van der Waals surface area contributed by atoms with Crippen LogP contribution in [0.25, 0.3) is 0 Å². The largest absolute Gasteiger partial charge is 0.469 e. The molecule has 0 aromatic heterocycles. The summed E-state index contributed by atoms with van der Waals surface area (Å²) in [6, 6.07) is 0.112. The van der Waals surface area contributed by atoms with Crippen molar-refractivity contribution in [2.45, 2.75) is 19.4 Å². The molecule has 82 valence electrons. The number of hydrogen-bond acceptors (Lipinski definition) is 5. The Balaban J connectivity index is 2.18. The molecule has 0 saturated carbocycles. The number of morpholine rings is 1. The third-order valence-corrected chi connectivity index (χ3v) is 2.11. The predicted molar refractivity (Wildman–Crippen MR) is 51.6 cm³/mol. The van der Waals surface area contributed by atoms with Gasteiger partial charge in [-0.1, -0.05) is 0 Å². The lowest BCUT2D eigenvalue weighted by molar-refractivity contribution is -0.141. The van der Waals surface area contributed by atoms with Gasteiger partial charge in [-0.3, -0.25) is 10.2 Å². The summed E-state index contributed by atoms with van der Waals surface area (Å²) < 4.78 is 9.80. The zero-order chi connectivity index (χ0) is 10.4. The van der Waals surface area contributed by atoms with Gasteiger partial charge in [-0.15, -0.1) is 0 Å².